The van der Waals surface area contributed by atoms with Gasteiger partial charge in [-0.05, 0) is 12.3 Å². The molecule has 2 fully saturated rings. The van der Waals surface area contributed by atoms with Crippen LogP contribution >= 0.6 is 0 Å². The van der Waals surface area contributed by atoms with Crippen LogP contribution in [0.2, 0.25) is 0 Å². The summed E-state index contributed by atoms with van der Waals surface area (Å²) >= 11 is 0. The molecule has 0 bridgehead atoms. The summed E-state index contributed by atoms with van der Waals surface area (Å²) in [5.41, 5.74) is -0.0189. The summed E-state index contributed by atoms with van der Waals surface area (Å²) < 4.78 is 36.9. The zero-order valence-corrected chi connectivity index (χ0v) is 17.3. The highest BCUT2D eigenvalue weighted by atomic mass is 19.1. The summed E-state index contributed by atoms with van der Waals surface area (Å²) in [6.45, 7) is 4.53. The Morgan fingerprint density at radius 3 is 2.65 bits per heavy atom. The molecule has 0 radical (unpaired) electrons. The van der Waals surface area contributed by atoms with Crippen LogP contribution in [-0.2, 0) is 9.53 Å². The van der Waals surface area contributed by atoms with Crippen LogP contribution in [0.25, 0.3) is 0 Å². The number of nitrogens with one attached hydrogen (secondary N) is 1. The molecule has 4 rings (SSSR count). The fourth-order valence-corrected chi connectivity index (χ4v) is 4.23. The van der Waals surface area contributed by atoms with Gasteiger partial charge in [-0.3, -0.25) is 9.69 Å². The van der Waals surface area contributed by atoms with E-state index in [0.29, 0.717) is 19.5 Å². The Morgan fingerprint density at radius 1 is 1.29 bits per heavy atom. The second kappa shape index (κ2) is 8.48. The highest BCUT2D eigenvalue weighted by molar-refractivity contribution is 5.90. The Kier molecular flexibility index (Phi) is 5.75. The van der Waals surface area contributed by atoms with Crippen LogP contribution < -0.4 is 15.1 Å². The van der Waals surface area contributed by atoms with E-state index in [4.69, 9.17) is 4.74 Å². The number of carbonyl (C=O) groups excluding carboxylic acids is 2. The van der Waals surface area contributed by atoms with Gasteiger partial charge in [-0.15, -0.1) is 5.10 Å². The maximum absolute atomic E-state index is 15.0. The summed E-state index contributed by atoms with van der Waals surface area (Å²) in [4.78, 5) is 26.1. The molecule has 1 aromatic heterocycles. The van der Waals surface area contributed by atoms with E-state index >= 15 is 0 Å². The summed E-state index contributed by atoms with van der Waals surface area (Å²) in [6.07, 6.45) is 2.79. The predicted molar refractivity (Wildman–Crippen MR) is 108 cm³/mol. The maximum Gasteiger partial charge on any atom is 0.414 e. The van der Waals surface area contributed by atoms with Crippen molar-refractivity contribution in [3.63, 3.8) is 0 Å². The SMILES string of the molecule is CC(=O)NC[C@H]1CN(c2cc(F)c(N3CCC(n4ccnn4)C(C)C3)c(F)c2)C(=O)O1. The molecule has 2 unspecified atom stereocenters. The normalized spacial score (nSPS) is 23.7. The Morgan fingerprint density at radius 2 is 2.03 bits per heavy atom. The number of benzene rings is 1. The van der Waals surface area contributed by atoms with Crippen molar-refractivity contribution in [2.45, 2.75) is 32.4 Å². The van der Waals surface area contributed by atoms with E-state index in [1.807, 2.05) is 6.92 Å². The predicted octanol–water partition coefficient (Wildman–Crippen LogP) is 2.11. The molecule has 9 nitrogen and oxygen atoms in total. The summed E-state index contributed by atoms with van der Waals surface area (Å²) in [6, 6.07) is 2.41. The van der Waals surface area contributed by atoms with Crippen LogP contribution in [0, 0.1) is 17.6 Å². The Bertz CT molecular complexity index is 947. The number of halogens is 2. The molecule has 11 heteroatoms. The van der Waals surface area contributed by atoms with E-state index in [-0.39, 0.29) is 42.3 Å². The van der Waals surface area contributed by atoms with Gasteiger partial charge < -0.3 is 15.0 Å². The van der Waals surface area contributed by atoms with Crippen molar-refractivity contribution in [1.29, 1.82) is 0 Å². The van der Waals surface area contributed by atoms with E-state index in [1.54, 1.807) is 22.0 Å². The van der Waals surface area contributed by atoms with Crippen LogP contribution in [0.4, 0.5) is 25.0 Å². The largest absolute Gasteiger partial charge is 0.442 e. The molecule has 0 spiro atoms. The van der Waals surface area contributed by atoms with Crippen LogP contribution in [0.3, 0.4) is 0 Å². The molecular weight excluding hydrogens is 410 g/mol. The van der Waals surface area contributed by atoms with Gasteiger partial charge in [0.15, 0.2) is 11.6 Å². The van der Waals surface area contributed by atoms with Crippen molar-refractivity contribution >= 4 is 23.4 Å². The minimum Gasteiger partial charge on any atom is -0.442 e. The highest BCUT2D eigenvalue weighted by Crippen LogP contribution is 2.35. The van der Waals surface area contributed by atoms with Crippen molar-refractivity contribution in [2.24, 2.45) is 5.92 Å². The van der Waals surface area contributed by atoms with Gasteiger partial charge in [-0.1, -0.05) is 12.1 Å². The molecule has 31 heavy (non-hydrogen) atoms. The van der Waals surface area contributed by atoms with Gasteiger partial charge in [-0.2, -0.15) is 0 Å². The zero-order valence-electron chi connectivity index (χ0n) is 17.3. The molecule has 1 N–H and O–H groups in total. The number of piperidine rings is 1. The summed E-state index contributed by atoms with van der Waals surface area (Å²) in [7, 11) is 0. The van der Waals surface area contributed by atoms with E-state index in [0.717, 1.165) is 12.1 Å². The Labute approximate surface area is 177 Å². The van der Waals surface area contributed by atoms with Crippen molar-refractivity contribution in [2.75, 3.05) is 36.0 Å². The summed E-state index contributed by atoms with van der Waals surface area (Å²) in [5, 5.41) is 10.4. The highest BCUT2D eigenvalue weighted by Gasteiger charge is 2.35. The zero-order chi connectivity index (χ0) is 22.1. The van der Waals surface area contributed by atoms with Gasteiger partial charge in [0, 0.05) is 38.3 Å². The molecule has 2 amide bonds. The number of carbonyl (C=O) groups is 2. The third kappa shape index (κ3) is 4.30. The van der Waals surface area contributed by atoms with Crippen LogP contribution in [0.1, 0.15) is 26.3 Å². The van der Waals surface area contributed by atoms with E-state index in [9.17, 15) is 18.4 Å². The van der Waals surface area contributed by atoms with Crippen molar-refractivity contribution < 1.29 is 23.1 Å². The summed E-state index contributed by atoms with van der Waals surface area (Å²) in [5.74, 6) is -1.62. The Balaban J connectivity index is 1.48. The van der Waals surface area contributed by atoms with Gasteiger partial charge in [0.1, 0.15) is 11.8 Å². The number of ether oxygens (including phenoxy) is 1. The number of rotatable bonds is 5. The lowest BCUT2D eigenvalue weighted by Crippen LogP contribution is -2.41. The fraction of sp³-hybridized carbons (Fsp3) is 0.500. The third-order valence-corrected chi connectivity index (χ3v) is 5.72. The molecule has 0 aliphatic carbocycles. The second-order valence-corrected chi connectivity index (χ2v) is 7.97. The molecule has 2 aliphatic rings. The van der Waals surface area contributed by atoms with Crippen LogP contribution in [0.5, 0.6) is 0 Å². The number of nitrogens with zero attached hydrogens (tertiary/aromatic N) is 5. The van der Waals surface area contributed by atoms with Gasteiger partial charge in [0.05, 0.1) is 31.0 Å². The fourth-order valence-electron chi connectivity index (χ4n) is 4.23. The molecule has 2 saturated heterocycles. The van der Waals surface area contributed by atoms with E-state index < -0.39 is 23.8 Å². The average Bonchev–Trinajstić information content (AvgIpc) is 3.36. The van der Waals surface area contributed by atoms with Crippen molar-refractivity contribution in [3.8, 4) is 0 Å². The second-order valence-electron chi connectivity index (χ2n) is 7.97. The Hall–Kier alpha value is -3.24. The van der Waals surface area contributed by atoms with E-state index in [2.05, 4.69) is 15.6 Å². The van der Waals surface area contributed by atoms with E-state index in [1.165, 1.54) is 11.8 Å². The molecule has 3 heterocycles. The molecule has 1 aromatic carbocycles. The van der Waals surface area contributed by atoms with Gasteiger partial charge in [0.25, 0.3) is 0 Å². The monoisotopic (exact) mass is 434 g/mol. The van der Waals surface area contributed by atoms with Gasteiger partial charge in [0.2, 0.25) is 5.91 Å². The van der Waals surface area contributed by atoms with Crippen LogP contribution in [0.15, 0.2) is 24.5 Å². The van der Waals surface area contributed by atoms with Gasteiger partial charge >= 0.3 is 6.09 Å². The molecular formula is C20H24F2N6O3. The molecule has 166 valence electrons. The number of hydrogen-bond donors (Lipinski definition) is 1. The van der Waals surface area contributed by atoms with Crippen molar-refractivity contribution in [1.82, 2.24) is 20.3 Å². The molecule has 0 saturated carbocycles. The molecule has 2 aliphatic heterocycles. The lowest BCUT2D eigenvalue weighted by molar-refractivity contribution is -0.119. The molecule has 2 aromatic rings. The first-order valence-corrected chi connectivity index (χ1v) is 10.2. The smallest absolute Gasteiger partial charge is 0.414 e. The molecule has 3 atom stereocenters. The minimum atomic E-state index is -0.737. The first kappa shape index (κ1) is 21.0. The number of amides is 2. The maximum atomic E-state index is 15.0. The van der Waals surface area contributed by atoms with Gasteiger partial charge in [-0.25, -0.2) is 18.3 Å². The lowest BCUT2D eigenvalue weighted by Gasteiger charge is -2.38. The third-order valence-electron chi connectivity index (χ3n) is 5.72. The first-order valence-electron chi connectivity index (χ1n) is 10.2. The van der Waals surface area contributed by atoms with Crippen molar-refractivity contribution in [3.05, 3.63) is 36.2 Å². The first-order chi connectivity index (χ1) is 14.8. The topological polar surface area (TPSA) is 92.6 Å². The number of hydrogen-bond acceptors (Lipinski definition) is 6. The number of aromatic nitrogens is 3. The lowest BCUT2D eigenvalue weighted by atomic mass is 9.93. The quantitative estimate of drug-likeness (QED) is 0.775. The standard InChI is InChI=1S/C20H24F2N6O3/c1-12-10-26(5-3-18(12)28-6-4-24-25-28)19-16(21)7-14(8-17(19)22)27-11-15(31-20(27)30)9-23-13(2)29/h4,6-8,12,15,18H,3,5,9-11H2,1-2H3,(H,23,29)/t12?,15-,18?/m0/s1. The van der Waals surface area contributed by atoms with Crippen LogP contribution in [-0.4, -0.2) is 59.3 Å². The minimum absolute atomic E-state index is 0.0830. The average molecular weight is 434 g/mol. The number of anilines is 2. The number of cyclic esters (lactones) is 1.